The van der Waals surface area contributed by atoms with Crippen molar-refractivity contribution < 1.29 is 13.5 Å². The van der Waals surface area contributed by atoms with Gasteiger partial charge in [0.25, 0.3) is 10.0 Å². The van der Waals surface area contributed by atoms with Crippen molar-refractivity contribution in [2.45, 2.75) is 11.0 Å². The molecule has 1 atom stereocenters. The Balaban J connectivity index is 2.41. The maximum atomic E-state index is 12.6. The van der Waals surface area contributed by atoms with E-state index in [0.29, 0.717) is 21.8 Å². The van der Waals surface area contributed by atoms with Crippen molar-refractivity contribution in [3.05, 3.63) is 58.6 Å². The molecular formula is C14H12ClNO3S. The number of halogens is 1. The zero-order valence-corrected chi connectivity index (χ0v) is 12.2. The first-order valence-corrected chi connectivity index (χ1v) is 7.80. The lowest BCUT2D eigenvalue weighted by atomic mass is 10.00. The van der Waals surface area contributed by atoms with Crippen molar-refractivity contribution in [3.63, 3.8) is 0 Å². The Labute approximate surface area is 122 Å². The summed E-state index contributed by atoms with van der Waals surface area (Å²) in [6, 6.07) is 11.4. The van der Waals surface area contributed by atoms with Gasteiger partial charge in [0, 0.05) is 23.2 Å². The molecule has 0 saturated carbocycles. The number of aliphatic hydroxyl groups excluding tert-OH is 1. The van der Waals surface area contributed by atoms with E-state index >= 15 is 0 Å². The molecular weight excluding hydrogens is 298 g/mol. The Bertz CT molecular complexity index is 789. The third kappa shape index (κ3) is 1.82. The van der Waals surface area contributed by atoms with Gasteiger partial charge in [-0.05, 0) is 18.2 Å². The average Bonchev–Trinajstić information content (AvgIpc) is 2.50. The molecule has 0 aromatic heterocycles. The van der Waals surface area contributed by atoms with E-state index in [-0.39, 0.29) is 4.90 Å². The van der Waals surface area contributed by atoms with Crippen molar-refractivity contribution in [1.82, 2.24) is 0 Å². The van der Waals surface area contributed by atoms with Crippen LogP contribution in [0.15, 0.2) is 47.4 Å². The van der Waals surface area contributed by atoms with Gasteiger partial charge in [-0.3, -0.25) is 4.31 Å². The van der Waals surface area contributed by atoms with Crippen molar-refractivity contribution >= 4 is 27.3 Å². The number of benzene rings is 2. The Hall–Kier alpha value is -1.56. The molecule has 0 saturated heterocycles. The zero-order chi connectivity index (χ0) is 14.5. The summed E-state index contributed by atoms with van der Waals surface area (Å²) in [6.45, 7) is 0. The first kappa shape index (κ1) is 13.4. The van der Waals surface area contributed by atoms with E-state index in [2.05, 4.69) is 0 Å². The minimum absolute atomic E-state index is 0.0381. The maximum Gasteiger partial charge on any atom is 0.264 e. The van der Waals surface area contributed by atoms with Crippen LogP contribution >= 0.6 is 11.6 Å². The molecule has 6 heteroatoms. The zero-order valence-electron chi connectivity index (χ0n) is 10.6. The molecule has 0 spiro atoms. The summed E-state index contributed by atoms with van der Waals surface area (Å²) < 4.78 is 26.5. The predicted octanol–water partition coefficient (Wildman–Crippen LogP) is 2.56. The number of sulfonamides is 1. The number of para-hydroxylation sites is 1. The molecule has 0 unspecified atom stereocenters. The molecule has 2 aromatic carbocycles. The standard InChI is InChI=1S/C14H12ClNO3S/c1-16-12-5-3-2-4-10(12)14(17)11-7-6-9(15)8-13(11)20(16,18)19/h2-8,14,17H,1H3/t14-/m1/s1. The van der Waals surface area contributed by atoms with Gasteiger partial charge >= 0.3 is 0 Å². The molecule has 1 aliphatic rings. The van der Waals surface area contributed by atoms with Crippen molar-refractivity contribution in [3.8, 4) is 0 Å². The topological polar surface area (TPSA) is 57.6 Å². The van der Waals surface area contributed by atoms with Gasteiger partial charge in [-0.1, -0.05) is 35.9 Å². The molecule has 1 heterocycles. The molecule has 0 fully saturated rings. The lowest BCUT2D eigenvalue weighted by Gasteiger charge is -2.19. The van der Waals surface area contributed by atoms with E-state index in [1.165, 1.54) is 17.4 Å². The van der Waals surface area contributed by atoms with Crippen LogP contribution in [0.25, 0.3) is 0 Å². The summed E-state index contributed by atoms with van der Waals surface area (Å²) in [7, 11) is -2.27. The third-order valence-electron chi connectivity index (χ3n) is 3.48. The van der Waals surface area contributed by atoms with E-state index in [4.69, 9.17) is 11.6 Å². The maximum absolute atomic E-state index is 12.6. The largest absolute Gasteiger partial charge is 0.384 e. The van der Waals surface area contributed by atoms with E-state index in [1.807, 2.05) is 0 Å². The van der Waals surface area contributed by atoms with Crippen LogP contribution in [-0.2, 0) is 10.0 Å². The number of hydrogen-bond donors (Lipinski definition) is 1. The Kier molecular flexibility index (Phi) is 3.01. The van der Waals surface area contributed by atoms with Crippen LogP contribution in [0.5, 0.6) is 0 Å². The lowest BCUT2D eigenvalue weighted by molar-refractivity contribution is 0.218. The highest BCUT2D eigenvalue weighted by atomic mass is 35.5. The summed E-state index contributed by atoms with van der Waals surface area (Å²) in [6.07, 6.45) is -1.00. The van der Waals surface area contributed by atoms with Crippen LogP contribution in [0.3, 0.4) is 0 Å². The van der Waals surface area contributed by atoms with Crippen LogP contribution in [-0.4, -0.2) is 20.6 Å². The smallest absolute Gasteiger partial charge is 0.264 e. The fraction of sp³-hybridized carbons (Fsp3) is 0.143. The normalized spacial score (nSPS) is 19.9. The molecule has 4 nitrogen and oxygen atoms in total. The summed E-state index contributed by atoms with van der Waals surface area (Å²) >= 11 is 5.90. The van der Waals surface area contributed by atoms with E-state index in [0.717, 1.165) is 0 Å². The van der Waals surface area contributed by atoms with Gasteiger partial charge in [0.05, 0.1) is 10.6 Å². The van der Waals surface area contributed by atoms with Gasteiger partial charge in [0.1, 0.15) is 6.10 Å². The Morgan fingerprint density at radius 3 is 2.60 bits per heavy atom. The number of anilines is 1. The predicted molar refractivity (Wildman–Crippen MR) is 77.5 cm³/mol. The minimum atomic E-state index is -3.74. The summed E-state index contributed by atoms with van der Waals surface area (Å²) in [4.78, 5) is 0.0381. The monoisotopic (exact) mass is 309 g/mol. The fourth-order valence-electron chi connectivity index (χ4n) is 2.41. The van der Waals surface area contributed by atoms with Crippen molar-refractivity contribution in [2.24, 2.45) is 0 Å². The molecule has 1 aliphatic heterocycles. The number of rotatable bonds is 0. The number of fused-ring (bicyclic) bond motifs is 2. The molecule has 1 N–H and O–H groups in total. The van der Waals surface area contributed by atoms with Gasteiger partial charge in [0.2, 0.25) is 0 Å². The average molecular weight is 310 g/mol. The first-order chi connectivity index (χ1) is 9.43. The molecule has 0 aliphatic carbocycles. The third-order valence-corrected chi connectivity index (χ3v) is 5.54. The SMILES string of the molecule is CN1c2ccccc2[C@@H](O)c2ccc(Cl)cc2S1(=O)=O. The lowest BCUT2D eigenvalue weighted by Crippen LogP contribution is -2.26. The molecule has 2 aromatic rings. The quantitative estimate of drug-likeness (QED) is 0.813. The Morgan fingerprint density at radius 1 is 1.15 bits per heavy atom. The summed E-state index contributed by atoms with van der Waals surface area (Å²) in [5.74, 6) is 0. The van der Waals surface area contributed by atoms with E-state index in [1.54, 1.807) is 36.4 Å². The number of aliphatic hydroxyl groups is 1. The summed E-state index contributed by atoms with van der Waals surface area (Å²) in [5, 5.41) is 10.8. The Morgan fingerprint density at radius 2 is 1.85 bits per heavy atom. The van der Waals surface area contributed by atoms with Crippen LogP contribution in [0, 0.1) is 0 Å². The second kappa shape index (κ2) is 4.48. The molecule has 0 radical (unpaired) electrons. The van der Waals surface area contributed by atoms with E-state index in [9.17, 15) is 13.5 Å². The molecule has 0 amide bonds. The molecule has 104 valence electrons. The van der Waals surface area contributed by atoms with Gasteiger partial charge in [-0.2, -0.15) is 0 Å². The summed E-state index contributed by atoms with van der Waals surface area (Å²) in [5.41, 5.74) is 1.36. The van der Waals surface area contributed by atoms with Crippen LogP contribution < -0.4 is 4.31 Å². The van der Waals surface area contributed by atoms with Gasteiger partial charge in [0.15, 0.2) is 0 Å². The van der Waals surface area contributed by atoms with E-state index < -0.39 is 16.1 Å². The van der Waals surface area contributed by atoms with Gasteiger partial charge in [-0.25, -0.2) is 8.42 Å². The number of nitrogens with zero attached hydrogens (tertiary/aromatic N) is 1. The van der Waals surface area contributed by atoms with Gasteiger partial charge < -0.3 is 5.11 Å². The minimum Gasteiger partial charge on any atom is -0.384 e. The fourth-order valence-corrected chi connectivity index (χ4v) is 4.12. The van der Waals surface area contributed by atoms with Gasteiger partial charge in [-0.15, -0.1) is 0 Å². The molecule has 20 heavy (non-hydrogen) atoms. The highest BCUT2D eigenvalue weighted by Crippen LogP contribution is 2.40. The van der Waals surface area contributed by atoms with Crippen molar-refractivity contribution in [1.29, 1.82) is 0 Å². The van der Waals surface area contributed by atoms with Crippen LogP contribution in [0.4, 0.5) is 5.69 Å². The highest BCUT2D eigenvalue weighted by molar-refractivity contribution is 7.92. The second-order valence-corrected chi connectivity index (χ2v) is 6.99. The van der Waals surface area contributed by atoms with Crippen molar-refractivity contribution in [2.75, 3.05) is 11.4 Å². The molecule has 0 bridgehead atoms. The first-order valence-electron chi connectivity index (χ1n) is 5.98. The second-order valence-electron chi connectivity index (χ2n) is 4.62. The highest BCUT2D eigenvalue weighted by Gasteiger charge is 2.34. The van der Waals surface area contributed by atoms with Crippen LogP contribution in [0.2, 0.25) is 5.02 Å². The number of hydrogen-bond acceptors (Lipinski definition) is 3. The van der Waals surface area contributed by atoms with Crippen LogP contribution in [0.1, 0.15) is 17.2 Å². The molecule has 3 rings (SSSR count).